The van der Waals surface area contributed by atoms with E-state index in [-0.39, 0.29) is 24.5 Å². The highest BCUT2D eigenvalue weighted by Crippen LogP contribution is 2.44. The Morgan fingerprint density at radius 2 is 1.55 bits per heavy atom. The van der Waals surface area contributed by atoms with E-state index < -0.39 is 34.3 Å². The summed E-state index contributed by atoms with van der Waals surface area (Å²) < 4.78 is 55.1. The monoisotopic (exact) mass is 759 g/mol. The Morgan fingerprint density at radius 1 is 0.922 bits per heavy atom. The Kier molecular flexibility index (Phi) is 14.5. The van der Waals surface area contributed by atoms with E-state index in [2.05, 4.69) is 10.6 Å². The van der Waals surface area contributed by atoms with Crippen molar-refractivity contribution in [3.05, 3.63) is 34.9 Å². The molecule has 14 heteroatoms. The maximum absolute atomic E-state index is 13.7. The number of carbonyl (C=O) groups excluding carboxylic acids is 3. The second-order valence-electron chi connectivity index (χ2n) is 15.5. The lowest BCUT2D eigenvalue weighted by Crippen LogP contribution is -2.48. The molecule has 288 valence electrons. The van der Waals surface area contributed by atoms with Gasteiger partial charge in [-0.1, -0.05) is 6.07 Å². The van der Waals surface area contributed by atoms with E-state index in [1.807, 2.05) is 33.3 Å². The van der Waals surface area contributed by atoms with Gasteiger partial charge in [0.2, 0.25) is 5.91 Å². The second kappa shape index (κ2) is 17.8. The molecule has 2 N–H and O–H groups in total. The Morgan fingerprint density at radius 3 is 2.18 bits per heavy atom. The second-order valence-corrected chi connectivity index (χ2v) is 17.2. The van der Waals surface area contributed by atoms with Gasteiger partial charge < -0.3 is 29.7 Å². The zero-order chi connectivity index (χ0) is 37.5. The number of alkyl halides is 3. The topological polar surface area (TPSA) is 106 Å². The third-order valence-electron chi connectivity index (χ3n) is 10.4. The van der Waals surface area contributed by atoms with Gasteiger partial charge in [0.25, 0.3) is 0 Å². The first-order valence-electron chi connectivity index (χ1n) is 17.9. The number of ether oxygens (including phenoxy) is 3. The molecule has 9 nitrogen and oxygen atoms in total. The fourth-order valence-corrected chi connectivity index (χ4v) is 9.83. The van der Waals surface area contributed by atoms with Gasteiger partial charge in [0.15, 0.2) is 0 Å². The summed E-state index contributed by atoms with van der Waals surface area (Å²) in [4.78, 5) is 39.3. The van der Waals surface area contributed by atoms with Crippen LogP contribution in [0.4, 0.5) is 18.0 Å². The number of rotatable bonds is 9. The van der Waals surface area contributed by atoms with Crippen LogP contribution in [0, 0.1) is 10.8 Å². The van der Waals surface area contributed by atoms with Gasteiger partial charge >= 0.3 is 18.2 Å². The highest BCUT2D eigenvalue weighted by atomic mass is 32.2. The first kappa shape index (κ1) is 41.6. The molecular formula is C37H56F3N3O6S2. The van der Waals surface area contributed by atoms with Gasteiger partial charge in [-0.3, -0.25) is 9.59 Å². The molecular weight excluding hydrogens is 704 g/mol. The number of halogens is 3. The molecule has 51 heavy (non-hydrogen) atoms. The molecule has 1 aromatic rings. The zero-order valence-corrected chi connectivity index (χ0v) is 32.6. The summed E-state index contributed by atoms with van der Waals surface area (Å²) in [5.74, 6) is 1.40. The minimum Gasteiger partial charge on any atom is -0.469 e. The van der Waals surface area contributed by atoms with Gasteiger partial charge in [0, 0.05) is 55.9 Å². The van der Waals surface area contributed by atoms with E-state index in [0.717, 1.165) is 75.5 Å². The van der Waals surface area contributed by atoms with Crippen LogP contribution in [0.5, 0.6) is 0 Å². The number of hydrogen-bond acceptors (Lipinski definition) is 9. The van der Waals surface area contributed by atoms with Gasteiger partial charge in [0.05, 0.1) is 23.5 Å². The average molecular weight is 760 g/mol. The van der Waals surface area contributed by atoms with Crippen LogP contribution in [0.1, 0.15) is 88.8 Å². The first-order valence-corrected chi connectivity index (χ1v) is 20.7. The van der Waals surface area contributed by atoms with E-state index in [9.17, 15) is 27.6 Å². The molecule has 4 aliphatic rings. The Balaban J connectivity index is 0.000000253. The third kappa shape index (κ3) is 11.2. The number of carbonyl (C=O) groups is 3. The molecule has 0 radical (unpaired) electrons. The number of thioether (sulfide) groups is 2. The predicted octanol–water partition coefficient (Wildman–Crippen LogP) is 6.85. The van der Waals surface area contributed by atoms with Crippen molar-refractivity contribution < 1.29 is 41.8 Å². The molecule has 2 heterocycles. The Bertz CT molecular complexity index is 1360. The van der Waals surface area contributed by atoms with E-state index in [1.165, 1.54) is 13.2 Å². The quantitative estimate of drug-likeness (QED) is 0.262. The van der Waals surface area contributed by atoms with Crippen LogP contribution in [-0.4, -0.2) is 97.5 Å². The number of fused-ring (bicyclic) bond motifs is 1. The Hall–Kier alpha value is -2.16. The van der Waals surface area contributed by atoms with Crippen molar-refractivity contribution in [1.82, 2.24) is 15.5 Å². The summed E-state index contributed by atoms with van der Waals surface area (Å²) in [5, 5.41) is 6.59. The van der Waals surface area contributed by atoms with E-state index in [0.29, 0.717) is 42.8 Å². The van der Waals surface area contributed by atoms with Crippen molar-refractivity contribution in [2.24, 2.45) is 10.8 Å². The molecule has 0 unspecified atom stereocenters. The summed E-state index contributed by atoms with van der Waals surface area (Å²) in [6.07, 6.45) is 6.54. The van der Waals surface area contributed by atoms with Crippen LogP contribution in [0.3, 0.4) is 0 Å². The summed E-state index contributed by atoms with van der Waals surface area (Å²) in [6, 6.07) is 4.67. The number of methoxy groups -OCH3 is 1. The normalized spacial score (nSPS) is 26.9. The third-order valence-corrected chi connectivity index (χ3v) is 12.1. The Labute approximate surface area is 309 Å². The SMILES string of the molecule is COC(=O)[C@@]1(CSC)CC[C@@H](NC(=O)OC(C)(C)C)C1.CSC[C@]1(C(=O)N2CCc3ccc(C(F)(F)F)cc3C2)CC[C@@H](NC2CCOCC2)C1. The summed E-state index contributed by atoms with van der Waals surface area (Å²) in [7, 11) is 1.42. The fourth-order valence-electron chi connectivity index (χ4n) is 7.96. The van der Waals surface area contributed by atoms with Crippen LogP contribution >= 0.6 is 23.5 Å². The smallest absolute Gasteiger partial charge is 0.416 e. The number of nitrogens with zero attached hydrogens (tertiary/aromatic N) is 1. The van der Waals surface area contributed by atoms with Crippen LogP contribution < -0.4 is 10.6 Å². The predicted molar refractivity (Wildman–Crippen MR) is 196 cm³/mol. The molecule has 3 fully saturated rings. The van der Waals surface area contributed by atoms with Crippen molar-refractivity contribution in [2.45, 2.75) is 115 Å². The lowest BCUT2D eigenvalue weighted by Gasteiger charge is -2.37. The lowest BCUT2D eigenvalue weighted by atomic mass is 9.85. The molecule has 2 amide bonds. The van der Waals surface area contributed by atoms with Crippen molar-refractivity contribution >= 4 is 41.5 Å². The van der Waals surface area contributed by atoms with Crippen LogP contribution in [-0.2, 0) is 42.9 Å². The maximum Gasteiger partial charge on any atom is 0.416 e. The van der Waals surface area contributed by atoms with Crippen LogP contribution in [0.25, 0.3) is 0 Å². The number of amides is 2. The van der Waals surface area contributed by atoms with Crippen molar-refractivity contribution in [2.75, 3.05) is 50.9 Å². The molecule has 2 aliphatic carbocycles. The number of benzene rings is 1. The summed E-state index contributed by atoms with van der Waals surface area (Å²) >= 11 is 3.31. The highest BCUT2D eigenvalue weighted by Gasteiger charge is 2.48. The molecule has 2 saturated carbocycles. The van der Waals surface area contributed by atoms with Crippen LogP contribution in [0.15, 0.2) is 18.2 Å². The summed E-state index contributed by atoms with van der Waals surface area (Å²) in [6.45, 7) is 7.89. The van der Waals surface area contributed by atoms with Crippen molar-refractivity contribution in [1.29, 1.82) is 0 Å². The molecule has 2 aliphatic heterocycles. The highest BCUT2D eigenvalue weighted by molar-refractivity contribution is 7.98. The van der Waals surface area contributed by atoms with E-state index >= 15 is 0 Å². The minimum atomic E-state index is -4.37. The molecule has 0 spiro atoms. The number of hydrogen-bond donors (Lipinski definition) is 2. The summed E-state index contributed by atoms with van der Waals surface area (Å²) in [5.41, 5.74) is -0.512. The van der Waals surface area contributed by atoms with Gasteiger partial charge in [0.1, 0.15) is 5.60 Å². The van der Waals surface area contributed by atoms with E-state index in [4.69, 9.17) is 14.2 Å². The van der Waals surface area contributed by atoms with Gasteiger partial charge in [-0.25, -0.2) is 4.79 Å². The number of nitrogens with one attached hydrogen (secondary N) is 2. The van der Waals surface area contributed by atoms with Crippen LogP contribution in [0.2, 0.25) is 0 Å². The molecule has 0 bridgehead atoms. The standard InChI is InChI=1S/C23H31F3N2O2S.C14H25NO4S/c1-31-15-22(8-4-20(13-22)27-19-6-10-30-11-7-19)21(29)28-9-5-16-2-3-18(23(24,25)26)12-17(16)14-28;1-13(2,3)19-12(17)15-10-6-7-14(8-10,9-20-5)11(16)18-4/h2-3,12,19-20,27H,4-11,13-15H2,1H3;10H,6-9H2,1-5H3,(H,15,17)/t20-,22+;10-,14+/m11/s1. The fraction of sp³-hybridized carbons (Fsp3) is 0.757. The van der Waals surface area contributed by atoms with Crippen molar-refractivity contribution in [3.63, 3.8) is 0 Å². The van der Waals surface area contributed by atoms with E-state index in [1.54, 1.807) is 34.5 Å². The molecule has 5 rings (SSSR count). The zero-order valence-electron chi connectivity index (χ0n) is 30.9. The van der Waals surface area contributed by atoms with Gasteiger partial charge in [-0.15, -0.1) is 0 Å². The molecule has 1 saturated heterocycles. The first-order chi connectivity index (χ1) is 24.0. The minimum absolute atomic E-state index is 0.0314. The molecule has 1 aromatic carbocycles. The lowest BCUT2D eigenvalue weighted by molar-refractivity contribution is -0.151. The molecule has 4 atom stereocenters. The number of alkyl carbamates (subject to hydrolysis) is 1. The number of esters is 1. The maximum atomic E-state index is 13.7. The largest absolute Gasteiger partial charge is 0.469 e. The average Bonchev–Trinajstić information content (AvgIpc) is 3.68. The molecule has 0 aromatic heterocycles. The van der Waals surface area contributed by atoms with Gasteiger partial charge in [-0.05, 0) is 114 Å². The van der Waals surface area contributed by atoms with Gasteiger partial charge in [-0.2, -0.15) is 36.7 Å². The van der Waals surface area contributed by atoms with Crippen molar-refractivity contribution in [3.8, 4) is 0 Å².